The second-order valence-corrected chi connectivity index (χ2v) is 6.96. The minimum atomic E-state index is 0.314. The lowest BCUT2D eigenvalue weighted by Crippen LogP contribution is -2.04. The molecule has 1 aliphatic carbocycles. The molecule has 6 nitrogen and oxygen atoms in total. The van der Waals surface area contributed by atoms with Gasteiger partial charge in [-0.05, 0) is 43.4 Å². The maximum Gasteiger partial charge on any atom is 0.222 e. The number of anilines is 1. The van der Waals surface area contributed by atoms with Crippen LogP contribution in [-0.4, -0.2) is 24.5 Å². The van der Waals surface area contributed by atoms with E-state index in [4.69, 9.17) is 10.7 Å². The number of hydrogen-bond donors (Lipinski definition) is 1. The van der Waals surface area contributed by atoms with Crippen LogP contribution >= 0.6 is 0 Å². The molecule has 6 heteroatoms. The van der Waals surface area contributed by atoms with E-state index < -0.39 is 0 Å². The third-order valence-electron chi connectivity index (χ3n) is 4.97. The molecule has 0 saturated heterocycles. The van der Waals surface area contributed by atoms with E-state index in [-0.39, 0.29) is 0 Å². The third-order valence-corrected chi connectivity index (χ3v) is 4.97. The Hall–Kier alpha value is -3.28. The maximum atomic E-state index is 6.06. The lowest BCUT2D eigenvalue weighted by Gasteiger charge is -2.07. The molecule has 4 aromatic rings. The smallest absolute Gasteiger partial charge is 0.222 e. The fourth-order valence-electron chi connectivity index (χ4n) is 3.51. The van der Waals surface area contributed by atoms with Gasteiger partial charge in [-0.1, -0.05) is 30.3 Å². The van der Waals surface area contributed by atoms with E-state index in [9.17, 15) is 0 Å². The highest BCUT2D eigenvalue weighted by molar-refractivity contribution is 5.80. The van der Waals surface area contributed by atoms with Gasteiger partial charge < -0.3 is 10.3 Å². The van der Waals surface area contributed by atoms with Gasteiger partial charge in [0.15, 0.2) is 5.65 Å². The number of nitrogens with zero attached hydrogens (tertiary/aromatic N) is 5. The van der Waals surface area contributed by atoms with Crippen LogP contribution in [0.3, 0.4) is 0 Å². The fourth-order valence-corrected chi connectivity index (χ4v) is 3.51. The summed E-state index contributed by atoms with van der Waals surface area (Å²) in [6.45, 7) is 0. The van der Waals surface area contributed by atoms with Gasteiger partial charge in [-0.15, -0.1) is 0 Å². The fraction of sp³-hybridized carbons (Fsp3) is 0.238. The Balaban J connectivity index is 1.62. The number of benzene rings is 1. The van der Waals surface area contributed by atoms with E-state index in [1.165, 1.54) is 5.56 Å². The molecule has 1 aromatic carbocycles. The van der Waals surface area contributed by atoms with Crippen LogP contribution < -0.4 is 5.73 Å². The van der Waals surface area contributed by atoms with Gasteiger partial charge in [-0.2, -0.15) is 4.98 Å². The average molecular weight is 356 g/mol. The lowest BCUT2D eigenvalue weighted by molar-refractivity contribution is 0.765. The van der Waals surface area contributed by atoms with Gasteiger partial charge in [0, 0.05) is 24.0 Å². The van der Waals surface area contributed by atoms with Crippen LogP contribution in [0.15, 0.2) is 54.9 Å². The van der Waals surface area contributed by atoms with Gasteiger partial charge in [-0.25, -0.2) is 9.97 Å². The first-order valence-corrected chi connectivity index (χ1v) is 9.28. The number of aromatic nitrogens is 5. The first-order valence-electron chi connectivity index (χ1n) is 9.28. The van der Waals surface area contributed by atoms with Crippen LogP contribution in [0, 0.1) is 0 Å². The number of fused-ring (bicyclic) bond motifs is 1. The monoisotopic (exact) mass is 356 g/mol. The highest BCUT2D eigenvalue weighted by Gasteiger charge is 2.30. The second kappa shape index (κ2) is 6.46. The molecular formula is C21H20N6. The average Bonchev–Trinajstić information content (AvgIpc) is 3.47. The van der Waals surface area contributed by atoms with Crippen molar-refractivity contribution in [1.82, 2.24) is 24.5 Å². The Kier molecular flexibility index (Phi) is 3.81. The van der Waals surface area contributed by atoms with Gasteiger partial charge in [0.2, 0.25) is 5.95 Å². The standard InChI is InChI=1S/C21H20N6/c22-21-24-17(9-6-14-4-2-1-3-5-14)18-20(26-21)27(16-7-8-16)19(25-18)15-10-12-23-13-11-15/h1-5,10-13,16H,6-9H2,(H2,22,24,26). The number of imidazole rings is 1. The molecule has 2 N–H and O–H groups in total. The van der Waals surface area contributed by atoms with Crippen LogP contribution in [0.5, 0.6) is 0 Å². The van der Waals surface area contributed by atoms with Crippen molar-refractivity contribution in [2.45, 2.75) is 31.7 Å². The van der Waals surface area contributed by atoms with Crippen LogP contribution in [0.1, 0.15) is 30.1 Å². The summed E-state index contributed by atoms with van der Waals surface area (Å²) in [7, 11) is 0. The molecule has 0 atom stereocenters. The molecule has 27 heavy (non-hydrogen) atoms. The molecule has 0 aliphatic heterocycles. The quantitative estimate of drug-likeness (QED) is 0.591. The van der Waals surface area contributed by atoms with E-state index in [1.54, 1.807) is 12.4 Å². The van der Waals surface area contributed by atoms with Crippen LogP contribution in [-0.2, 0) is 12.8 Å². The summed E-state index contributed by atoms with van der Waals surface area (Å²) in [6, 6.07) is 14.8. The highest BCUT2D eigenvalue weighted by Crippen LogP contribution is 2.41. The van der Waals surface area contributed by atoms with Gasteiger partial charge in [-0.3, -0.25) is 4.98 Å². The number of aryl methyl sites for hydroxylation is 2. The second-order valence-electron chi connectivity index (χ2n) is 6.96. The molecule has 0 radical (unpaired) electrons. The van der Waals surface area contributed by atoms with Gasteiger partial charge in [0.25, 0.3) is 0 Å². The number of nitrogen functional groups attached to an aromatic ring is 1. The number of nitrogens with two attached hydrogens (primary N) is 1. The van der Waals surface area contributed by atoms with E-state index in [2.05, 4.69) is 43.8 Å². The Morgan fingerprint density at radius 1 is 0.926 bits per heavy atom. The normalized spacial score (nSPS) is 13.9. The summed E-state index contributed by atoms with van der Waals surface area (Å²) in [6.07, 6.45) is 7.56. The van der Waals surface area contributed by atoms with Crippen LogP contribution in [0.2, 0.25) is 0 Å². The first kappa shape index (κ1) is 15.9. The summed E-state index contributed by atoms with van der Waals surface area (Å²) in [5, 5.41) is 0. The Bertz CT molecular complexity index is 1080. The summed E-state index contributed by atoms with van der Waals surface area (Å²) in [4.78, 5) is 18.1. The predicted octanol–water partition coefficient (Wildman–Crippen LogP) is 3.59. The molecule has 0 spiro atoms. The number of pyridine rings is 1. The minimum absolute atomic E-state index is 0.314. The number of hydrogen-bond acceptors (Lipinski definition) is 5. The molecule has 3 heterocycles. The highest BCUT2D eigenvalue weighted by atomic mass is 15.2. The van der Waals surface area contributed by atoms with E-state index in [1.807, 2.05) is 18.2 Å². The molecule has 1 saturated carbocycles. The zero-order valence-electron chi connectivity index (χ0n) is 14.9. The molecule has 5 rings (SSSR count). The Morgan fingerprint density at radius 3 is 2.44 bits per heavy atom. The first-order chi connectivity index (χ1) is 13.3. The third kappa shape index (κ3) is 3.03. The molecule has 0 unspecified atom stereocenters. The van der Waals surface area contributed by atoms with E-state index >= 15 is 0 Å². The van der Waals surface area contributed by atoms with Crippen molar-refractivity contribution in [3.63, 3.8) is 0 Å². The van der Waals surface area contributed by atoms with Crippen molar-refractivity contribution in [3.05, 3.63) is 66.1 Å². The summed E-state index contributed by atoms with van der Waals surface area (Å²) in [5.74, 6) is 1.24. The number of rotatable bonds is 5. The molecule has 1 fully saturated rings. The molecule has 3 aromatic heterocycles. The van der Waals surface area contributed by atoms with Crippen LogP contribution in [0.25, 0.3) is 22.6 Å². The van der Waals surface area contributed by atoms with Gasteiger partial charge in [0.05, 0.1) is 5.69 Å². The van der Waals surface area contributed by atoms with Crippen molar-refractivity contribution in [2.24, 2.45) is 0 Å². The zero-order chi connectivity index (χ0) is 18.2. The van der Waals surface area contributed by atoms with Crippen molar-refractivity contribution >= 4 is 17.1 Å². The maximum absolute atomic E-state index is 6.06. The van der Waals surface area contributed by atoms with Crippen LogP contribution in [0.4, 0.5) is 5.95 Å². The van der Waals surface area contributed by atoms with E-state index in [0.29, 0.717) is 12.0 Å². The predicted molar refractivity (Wildman–Crippen MR) is 105 cm³/mol. The molecular weight excluding hydrogens is 336 g/mol. The van der Waals surface area contributed by atoms with Crippen molar-refractivity contribution in [3.8, 4) is 11.4 Å². The Morgan fingerprint density at radius 2 is 1.70 bits per heavy atom. The summed E-state index contributed by atoms with van der Waals surface area (Å²) >= 11 is 0. The van der Waals surface area contributed by atoms with Crippen molar-refractivity contribution in [2.75, 3.05) is 5.73 Å². The topological polar surface area (TPSA) is 82.5 Å². The molecule has 0 amide bonds. The largest absolute Gasteiger partial charge is 0.368 e. The summed E-state index contributed by atoms with van der Waals surface area (Å²) < 4.78 is 2.23. The molecule has 134 valence electrons. The Labute approximate surface area is 157 Å². The molecule has 0 bridgehead atoms. The summed E-state index contributed by atoms with van der Waals surface area (Å²) in [5.41, 5.74) is 11.0. The van der Waals surface area contributed by atoms with Crippen molar-refractivity contribution in [1.29, 1.82) is 0 Å². The van der Waals surface area contributed by atoms with E-state index in [0.717, 1.165) is 53.9 Å². The van der Waals surface area contributed by atoms with Gasteiger partial charge in [0.1, 0.15) is 11.3 Å². The van der Waals surface area contributed by atoms with Gasteiger partial charge >= 0.3 is 0 Å². The molecule has 1 aliphatic rings. The van der Waals surface area contributed by atoms with Crippen molar-refractivity contribution < 1.29 is 0 Å². The SMILES string of the molecule is Nc1nc(CCc2ccccc2)c2nc(-c3ccncc3)n(C3CC3)c2n1. The lowest BCUT2D eigenvalue weighted by atomic mass is 10.1. The minimum Gasteiger partial charge on any atom is -0.368 e. The zero-order valence-corrected chi connectivity index (χ0v) is 14.9.